The molecule has 22 nitrogen and oxygen atoms in total. The number of H-pyrrole nitrogens is 1. The number of aromatic amines is 1. The van der Waals surface area contributed by atoms with Gasteiger partial charge in [0, 0.05) is 49.5 Å². The van der Waals surface area contributed by atoms with Crippen molar-refractivity contribution in [1.29, 1.82) is 0 Å². The summed E-state index contributed by atoms with van der Waals surface area (Å²) in [5.74, 6) is 0.429. The second-order valence-corrected chi connectivity index (χ2v) is 15.4. The van der Waals surface area contributed by atoms with Crippen molar-refractivity contribution in [3.63, 3.8) is 0 Å². The molecule has 372 valence electrons. The van der Waals surface area contributed by atoms with Crippen molar-refractivity contribution in [3.05, 3.63) is 65.7 Å². The van der Waals surface area contributed by atoms with E-state index in [1.54, 1.807) is 6.20 Å². The van der Waals surface area contributed by atoms with Crippen LogP contribution < -0.4 is 16.8 Å². The standard InChI is InChI=1S/C46H66N10O12/c47-6-11-60-14-17-63-20-23-66-25-26-67-27-28-68-46(58)50-8-12-61-15-18-64-21-24-65-22-19-62-16-13-59-10-5-40(57)55-9-4-36-29-35(1-2-38(36)33-55)32-56-45-41(43(48)52-34-53-45)42(54-56)39-30-37-3-7-49-44(37)51-31-39/h1-3,7,29-31,34H,4-6,8-28,32-33,47H2,(H,49,51)(H,50,58)(H2,48,52,53). The van der Waals surface area contributed by atoms with E-state index in [9.17, 15) is 9.59 Å². The third-order valence-corrected chi connectivity index (χ3v) is 10.5. The number of ether oxygens (including phenoxy) is 10. The summed E-state index contributed by atoms with van der Waals surface area (Å²) < 4.78 is 56.0. The highest BCUT2D eigenvalue weighted by molar-refractivity contribution is 5.99. The molecule has 0 atom stereocenters. The summed E-state index contributed by atoms with van der Waals surface area (Å²) in [5.41, 5.74) is 18.1. The quantitative estimate of drug-likeness (QED) is 0.0424. The number of anilines is 1. The first kappa shape index (κ1) is 52.0. The van der Waals surface area contributed by atoms with Gasteiger partial charge in [0.05, 0.1) is 137 Å². The number of hydrogen-bond donors (Lipinski definition) is 4. The average Bonchev–Trinajstić information content (AvgIpc) is 3.98. The summed E-state index contributed by atoms with van der Waals surface area (Å²) in [5, 5.41) is 9.22. The number of amides is 2. The lowest BCUT2D eigenvalue weighted by Gasteiger charge is -2.29. The molecule has 2 amide bonds. The zero-order chi connectivity index (χ0) is 47.4. The number of pyridine rings is 1. The predicted octanol–water partition coefficient (Wildman–Crippen LogP) is 2.11. The van der Waals surface area contributed by atoms with Crippen molar-refractivity contribution in [2.75, 3.05) is 151 Å². The largest absolute Gasteiger partial charge is 0.447 e. The predicted molar refractivity (Wildman–Crippen MR) is 250 cm³/mol. The van der Waals surface area contributed by atoms with E-state index in [2.05, 4.69) is 43.5 Å². The minimum absolute atomic E-state index is 0.0644. The van der Waals surface area contributed by atoms with Crippen LogP contribution in [0.3, 0.4) is 0 Å². The van der Waals surface area contributed by atoms with E-state index < -0.39 is 6.09 Å². The van der Waals surface area contributed by atoms with E-state index in [0.29, 0.717) is 174 Å². The first-order chi connectivity index (χ1) is 33.5. The van der Waals surface area contributed by atoms with Gasteiger partial charge < -0.3 is 74.0 Å². The van der Waals surface area contributed by atoms with Gasteiger partial charge in [-0.15, -0.1) is 0 Å². The van der Waals surface area contributed by atoms with E-state index in [0.717, 1.165) is 34.1 Å². The summed E-state index contributed by atoms with van der Waals surface area (Å²) in [7, 11) is 0. The molecule has 0 aliphatic carbocycles. The SMILES string of the molecule is NCCOCCOCCOCCOCCOC(=O)NCCOCCOCCOCCOCCOCCC(=O)N1CCc2cc(Cn3nc(-c4cnc5[nH]ccc5c4)c4c(N)ncnc43)ccc2C1. The highest BCUT2D eigenvalue weighted by Gasteiger charge is 2.22. The molecule has 5 heterocycles. The molecule has 0 bridgehead atoms. The van der Waals surface area contributed by atoms with Crippen molar-refractivity contribution in [2.24, 2.45) is 5.73 Å². The second-order valence-electron chi connectivity index (χ2n) is 15.4. The highest BCUT2D eigenvalue weighted by Crippen LogP contribution is 2.32. The average molecular weight is 951 g/mol. The Hall–Kier alpha value is -5.40. The van der Waals surface area contributed by atoms with Crippen LogP contribution in [0.15, 0.2) is 49.1 Å². The van der Waals surface area contributed by atoms with Gasteiger partial charge in [0.2, 0.25) is 5.91 Å². The number of alkyl carbamates (subject to hydrolysis) is 1. The Labute approximate surface area is 395 Å². The van der Waals surface area contributed by atoms with Gasteiger partial charge in [-0.1, -0.05) is 18.2 Å². The molecule has 0 saturated carbocycles. The first-order valence-electron chi connectivity index (χ1n) is 23.1. The zero-order valence-corrected chi connectivity index (χ0v) is 38.7. The number of nitrogens with two attached hydrogens (primary N) is 2. The van der Waals surface area contributed by atoms with E-state index in [1.165, 1.54) is 11.9 Å². The number of carbonyl (C=O) groups is 2. The van der Waals surface area contributed by atoms with Gasteiger partial charge in [-0.25, -0.2) is 24.4 Å². The lowest BCUT2D eigenvalue weighted by Crippen LogP contribution is -2.36. The first-order valence-corrected chi connectivity index (χ1v) is 23.1. The number of fused-ring (bicyclic) bond motifs is 3. The summed E-state index contributed by atoms with van der Waals surface area (Å²) in [6, 6.07) is 10.4. The van der Waals surface area contributed by atoms with Crippen LogP contribution >= 0.6 is 0 Å². The Balaban J connectivity index is 0.709. The van der Waals surface area contributed by atoms with E-state index in [1.807, 2.05) is 27.9 Å². The van der Waals surface area contributed by atoms with Crippen LogP contribution in [-0.4, -0.2) is 192 Å². The van der Waals surface area contributed by atoms with Crippen LogP contribution in [-0.2, 0) is 71.7 Å². The molecule has 1 aliphatic rings. The minimum atomic E-state index is -0.535. The molecular weight excluding hydrogens is 885 g/mol. The van der Waals surface area contributed by atoms with E-state index in [-0.39, 0.29) is 19.1 Å². The maximum Gasteiger partial charge on any atom is 0.407 e. The van der Waals surface area contributed by atoms with Gasteiger partial charge in [0.15, 0.2) is 5.65 Å². The number of aromatic nitrogens is 6. The third-order valence-electron chi connectivity index (χ3n) is 10.5. The molecule has 4 aromatic heterocycles. The van der Waals surface area contributed by atoms with Crippen LogP contribution in [0.25, 0.3) is 33.3 Å². The number of rotatable bonds is 35. The lowest BCUT2D eigenvalue weighted by molar-refractivity contribution is -0.133. The van der Waals surface area contributed by atoms with E-state index in [4.69, 9.17) is 63.9 Å². The fourth-order valence-corrected chi connectivity index (χ4v) is 7.12. The number of carbonyl (C=O) groups excluding carboxylic acids is 2. The molecule has 1 aromatic carbocycles. The van der Waals surface area contributed by atoms with Crippen LogP contribution in [0.2, 0.25) is 0 Å². The number of nitrogens with zero attached hydrogens (tertiary/aromatic N) is 6. The summed E-state index contributed by atoms with van der Waals surface area (Å²) in [6.07, 6.45) is 5.62. The topological polar surface area (TPSA) is 266 Å². The van der Waals surface area contributed by atoms with Gasteiger partial charge in [-0.3, -0.25) is 4.79 Å². The smallest absolute Gasteiger partial charge is 0.407 e. The van der Waals surface area contributed by atoms with E-state index >= 15 is 0 Å². The van der Waals surface area contributed by atoms with Gasteiger partial charge >= 0.3 is 6.09 Å². The van der Waals surface area contributed by atoms with Crippen molar-refractivity contribution < 1.29 is 57.0 Å². The molecule has 0 fully saturated rings. The maximum absolute atomic E-state index is 13.0. The Morgan fingerprint density at radius 3 is 1.97 bits per heavy atom. The Bertz CT molecular complexity index is 2240. The molecule has 22 heteroatoms. The van der Waals surface area contributed by atoms with Crippen LogP contribution in [0.1, 0.15) is 23.1 Å². The number of nitrogen functional groups attached to an aromatic ring is 1. The second kappa shape index (κ2) is 30.2. The summed E-state index contributed by atoms with van der Waals surface area (Å²) in [6.45, 7) is 10.2. The van der Waals surface area contributed by atoms with Gasteiger partial charge in [0.1, 0.15) is 30.1 Å². The minimum Gasteiger partial charge on any atom is -0.447 e. The fraction of sp³-hybridized carbons (Fsp3) is 0.565. The number of nitrogens with one attached hydrogen (secondary N) is 2. The molecule has 6 rings (SSSR count). The molecule has 6 N–H and O–H groups in total. The Morgan fingerprint density at radius 1 is 0.691 bits per heavy atom. The molecule has 0 unspecified atom stereocenters. The molecule has 5 aromatic rings. The summed E-state index contributed by atoms with van der Waals surface area (Å²) in [4.78, 5) is 43.1. The molecule has 68 heavy (non-hydrogen) atoms. The molecule has 0 saturated heterocycles. The maximum atomic E-state index is 13.0. The van der Waals surface area contributed by atoms with Crippen molar-refractivity contribution in [1.82, 2.24) is 39.9 Å². The highest BCUT2D eigenvalue weighted by atomic mass is 16.6. The van der Waals surface area contributed by atoms with Gasteiger partial charge in [-0.2, -0.15) is 5.10 Å². The van der Waals surface area contributed by atoms with Gasteiger partial charge in [-0.05, 0) is 35.2 Å². The lowest BCUT2D eigenvalue weighted by atomic mass is 9.97. The zero-order valence-electron chi connectivity index (χ0n) is 38.7. The number of hydrogen-bond acceptors (Lipinski definition) is 18. The van der Waals surface area contributed by atoms with Crippen LogP contribution in [0.4, 0.5) is 10.6 Å². The third kappa shape index (κ3) is 17.6. The van der Waals surface area contributed by atoms with Crippen LogP contribution in [0, 0.1) is 0 Å². The monoisotopic (exact) mass is 950 g/mol. The van der Waals surface area contributed by atoms with Crippen LogP contribution in [0.5, 0.6) is 0 Å². The van der Waals surface area contributed by atoms with Crippen molar-refractivity contribution in [3.8, 4) is 11.3 Å². The molecule has 0 spiro atoms. The fourth-order valence-electron chi connectivity index (χ4n) is 7.12. The van der Waals surface area contributed by atoms with Gasteiger partial charge in [0.25, 0.3) is 0 Å². The summed E-state index contributed by atoms with van der Waals surface area (Å²) >= 11 is 0. The van der Waals surface area contributed by atoms with Crippen molar-refractivity contribution >= 4 is 39.9 Å². The molecule has 1 aliphatic heterocycles. The van der Waals surface area contributed by atoms with Crippen molar-refractivity contribution in [2.45, 2.75) is 25.9 Å². The number of benzene rings is 1. The normalized spacial score (nSPS) is 12.6. The Morgan fingerprint density at radius 2 is 1.31 bits per heavy atom. The molecule has 0 radical (unpaired) electrons. The Kier molecular flexibility index (Phi) is 23.1. The molecular formula is C46H66N10O12.